The number of rotatable bonds is 9. The zero-order chi connectivity index (χ0) is 24.1. The molecule has 2 atom stereocenters. The van der Waals surface area contributed by atoms with Crippen molar-refractivity contribution in [2.45, 2.75) is 18.0 Å². The zero-order valence-corrected chi connectivity index (χ0v) is 19.3. The zero-order valence-electron chi connectivity index (χ0n) is 17.7. The Labute approximate surface area is 201 Å². The van der Waals surface area contributed by atoms with Gasteiger partial charge in [-0.3, -0.25) is 24.3 Å². The van der Waals surface area contributed by atoms with Crippen LogP contribution < -0.4 is 10.6 Å². The molecule has 0 spiro atoms. The molecule has 2 aromatic rings. The van der Waals surface area contributed by atoms with Crippen LogP contribution in [0.3, 0.4) is 0 Å². The van der Waals surface area contributed by atoms with E-state index in [1.165, 1.54) is 29.2 Å². The molecule has 4 rings (SSSR count). The Balaban J connectivity index is 1.41. The maximum atomic E-state index is 12.9. The molecule has 1 fully saturated rings. The van der Waals surface area contributed by atoms with E-state index in [9.17, 15) is 19.2 Å². The maximum Gasteiger partial charge on any atom is 0.355 e. The van der Waals surface area contributed by atoms with Gasteiger partial charge < -0.3 is 20.2 Å². The van der Waals surface area contributed by atoms with Gasteiger partial charge in [0.1, 0.15) is 36.5 Å². The molecule has 0 aliphatic carbocycles. The molecular formula is C20H18N6O6S2. The second kappa shape index (κ2) is 10.4. The van der Waals surface area contributed by atoms with Crippen molar-refractivity contribution in [3.05, 3.63) is 52.9 Å². The van der Waals surface area contributed by atoms with E-state index in [0.29, 0.717) is 17.9 Å². The number of thiazole rings is 1. The number of pyridine rings is 1. The molecule has 12 nitrogen and oxygen atoms in total. The molecule has 0 bridgehead atoms. The third-order valence-corrected chi connectivity index (χ3v) is 6.70. The number of hydrogen-bond acceptors (Lipinski definition) is 11. The lowest BCUT2D eigenvalue weighted by atomic mass is 10.0. The van der Waals surface area contributed by atoms with Crippen LogP contribution in [-0.4, -0.2) is 69.1 Å². The van der Waals surface area contributed by atoms with Crippen molar-refractivity contribution in [2.75, 3.05) is 18.2 Å². The number of thioether (sulfide) groups is 1. The number of oxime groups is 1. The van der Waals surface area contributed by atoms with E-state index in [1.807, 2.05) is 0 Å². The summed E-state index contributed by atoms with van der Waals surface area (Å²) in [5.41, 5.74) is 0.726. The Bertz CT molecular complexity index is 1170. The van der Waals surface area contributed by atoms with Crippen LogP contribution in [0.15, 0.2) is 46.7 Å². The van der Waals surface area contributed by atoms with Crippen molar-refractivity contribution >= 4 is 58.1 Å². The average molecular weight is 503 g/mol. The number of β-lactam (4-membered cyclic amide) rings is 1. The quantitative estimate of drug-likeness (QED) is 0.164. The van der Waals surface area contributed by atoms with Crippen LogP contribution in [0.5, 0.6) is 0 Å². The summed E-state index contributed by atoms with van der Waals surface area (Å²) in [6.45, 7) is -0.0253. The standard InChI is InChI=1S/C20H18N6O6S2/c1-31-25-14(12-9-34-20(23-12)22-10-27)16(28)24-15-17(29)26-13(5-7-33-18(15)26)19(30)32-8-11-4-2-3-6-21-11/h2-6,9-10,15,18H,7-8H2,1H3,(H,24,28)(H,22,23,27)/b25-14-/t15?,18-/m1/s1. The third-order valence-electron chi connectivity index (χ3n) is 4.75. The van der Waals surface area contributed by atoms with Gasteiger partial charge in [0.25, 0.3) is 11.8 Å². The summed E-state index contributed by atoms with van der Waals surface area (Å²) >= 11 is 2.49. The third kappa shape index (κ3) is 4.77. The van der Waals surface area contributed by atoms with Crippen molar-refractivity contribution in [3.8, 4) is 0 Å². The van der Waals surface area contributed by atoms with Crippen molar-refractivity contribution < 1.29 is 28.8 Å². The number of esters is 1. The Morgan fingerprint density at radius 3 is 2.97 bits per heavy atom. The summed E-state index contributed by atoms with van der Waals surface area (Å²) in [5.74, 6) is -1.32. The number of anilines is 1. The summed E-state index contributed by atoms with van der Waals surface area (Å²) in [7, 11) is 1.27. The Hall–Kier alpha value is -3.78. The molecule has 0 radical (unpaired) electrons. The predicted octanol–water partition coefficient (Wildman–Crippen LogP) is 0.484. The van der Waals surface area contributed by atoms with E-state index in [4.69, 9.17) is 9.57 Å². The maximum absolute atomic E-state index is 12.9. The fourth-order valence-corrected chi connectivity index (χ4v) is 5.08. The topological polar surface area (TPSA) is 152 Å². The highest BCUT2D eigenvalue weighted by Gasteiger charge is 2.53. The second-order valence-corrected chi connectivity index (χ2v) is 8.80. The van der Waals surface area contributed by atoms with E-state index in [2.05, 4.69) is 25.8 Å². The number of hydrogen-bond donors (Lipinski definition) is 2. The van der Waals surface area contributed by atoms with Crippen molar-refractivity contribution in [1.29, 1.82) is 0 Å². The van der Waals surface area contributed by atoms with Gasteiger partial charge in [-0.2, -0.15) is 0 Å². The van der Waals surface area contributed by atoms with Gasteiger partial charge in [0.05, 0.1) is 5.69 Å². The van der Waals surface area contributed by atoms with Gasteiger partial charge >= 0.3 is 5.97 Å². The lowest BCUT2D eigenvalue weighted by molar-refractivity contribution is -0.153. The predicted molar refractivity (Wildman–Crippen MR) is 122 cm³/mol. The van der Waals surface area contributed by atoms with Crippen LogP contribution >= 0.6 is 23.1 Å². The highest BCUT2D eigenvalue weighted by Crippen LogP contribution is 2.38. The van der Waals surface area contributed by atoms with Gasteiger partial charge in [-0.05, 0) is 18.2 Å². The molecule has 2 N–H and O–H groups in total. The van der Waals surface area contributed by atoms with Gasteiger partial charge in [0, 0.05) is 17.3 Å². The largest absolute Gasteiger partial charge is 0.455 e. The summed E-state index contributed by atoms with van der Waals surface area (Å²) < 4.78 is 5.30. The van der Waals surface area contributed by atoms with Gasteiger partial charge in [-0.1, -0.05) is 11.2 Å². The first-order valence-electron chi connectivity index (χ1n) is 9.83. The summed E-state index contributed by atoms with van der Waals surface area (Å²) in [5, 5.41) is 10.0. The normalized spacial score (nSPS) is 19.3. The van der Waals surface area contributed by atoms with Crippen LogP contribution in [0.1, 0.15) is 11.4 Å². The second-order valence-electron chi connectivity index (χ2n) is 6.79. The summed E-state index contributed by atoms with van der Waals surface area (Å²) in [4.78, 5) is 63.1. The van der Waals surface area contributed by atoms with E-state index in [1.54, 1.807) is 30.5 Å². The first kappa shape index (κ1) is 23.4. The number of fused-ring (bicyclic) bond motifs is 1. The van der Waals surface area contributed by atoms with Gasteiger partial charge in [0.2, 0.25) is 6.41 Å². The molecule has 176 valence electrons. The molecule has 3 amide bonds. The number of nitrogens with one attached hydrogen (secondary N) is 2. The van der Waals surface area contributed by atoms with Crippen LogP contribution in [0.2, 0.25) is 0 Å². The molecule has 14 heteroatoms. The molecule has 1 unspecified atom stereocenters. The van der Waals surface area contributed by atoms with Crippen molar-refractivity contribution in [2.24, 2.45) is 5.16 Å². The molecule has 0 aromatic carbocycles. The number of carbonyl (C=O) groups is 4. The lowest BCUT2D eigenvalue weighted by Gasteiger charge is -2.48. The van der Waals surface area contributed by atoms with E-state index < -0.39 is 29.2 Å². The monoisotopic (exact) mass is 502 g/mol. The summed E-state index contributed by atoms with van der Waals surface area (Å²) in [6.07, 6.45) is 3.67. The SMILES string of the molecule is CO/N=C(\C(=O)NC1C(=O)N2C(C(=O)OCc3ccccn3)=CCS[C@H]12)c1csc(NC=O)n1. The molecule has 1 saturated heterocycles. The Kier molecular flexibility index (Phi) is 7.18. The molecule has 4 heterocycles. The van der Waals surface area contributed by atoms with Crippen LogP contribution in [0, 0.1) is 0 Å². The Morgan fingerprint density at radius 2 is 2.24 bits per heavy atom. The average Bonchev–Trinajstić information content (AvgIpc) is 3.32. The fourth-order valence-electron chi connectivity index (χ4n) is 3.23. The van der Waals surface area contributed by atoms with Gasteiger partial charge in [-0.25, -0.2) is 9.78 Å². The first-order valence-corrected chi connectivity index (χ1v) is 11.8. The number of aromatic nitrogens is 2. The molecular weight excluding hydrogens is 484 g/mol. The smallest absolute Gasteiger partial charge is 0.355 e. The van der Waals surface area contributed by atoms with E-state index >= 15 is 0 Å². The number of ether oxygens (including phenoxy) is 1. The van der Waals surface area contributed by atoms with Crippen LogP contribution in [0.4, 0.5) is 5.13 Å². The molecule has 2 aliphatic rings. The molecule has 0 saturated carbocycles. The highest BCUT2D eigenvalue weighted by atomic mass is 32.2. The minimum atomic E-state index is -0.877. The number of carbonyl (C=O) groups excluding carboxylic acids is 4. The van der Waals surface area contributed by atoms with E-state index in [-0.39, 0.29) is 28.8 Å². The van der Waals surface area contributed by atoms with Crippen LogP contribution in [0.25, 0.3) is 0 Å². The van der Waals surface area contributed by atoms with Crippen molar-refractivity contribution in [3.63, 3.8) is 0 Å². The number of amides is 3. The number of nitrogens with zero attached hydrogens (tertiary/aromatic N) is 4. The highest BCUT2D eigenvalue weighted by molar-refractivity contribution is 8.00. The minimum Gasteiger partial charge on any atom is -0.455 e. The summed E-state index contributed by atoms with van der Waals surface area (Å²) in [6, 6.07) is 4.38. The lowest BCUT2D eigenvalue weighted by Crippen LogP contribution is -2.70. The van der Waals surface area contributed by atoms with Crippen molar-refractivity contribution in [1.82, 2.24) is 20.2 Å². The van der Waals surface area contributed by atoms with Crippen LogP contribution in [-0.2, 0) is 35.4 Å². The molecule has 34 heavy (non-hydrogen) atoms. The molecule has 2 aliphatic heterocycles. The van der Waals surface area contributed by atoms with Gasteiger partial charge in [0.15, 0.2) is 10.8 Å². The minimum absolute atomic E-state index is 0.0253. The van der Waals surface area contributed by atoms with E-state index in [0.717, 1.165) is 11.3 Å². The molecule has 2 aromatic heterocycles. The van der Waals surface area contributed by atoms with Gasteiger partial charge in [-0.15, -0.1) is 23.1 Å². The first-order chi connectivity index (χ1) is 16.5. The fraction of sp³-hybridized carbons (Fsp3) is 0.250. The Morgan fingerprint density at radius 1 is 1.38 bits per heavy atom.